The van der Waals surface area contributed by atoms with Crippen molar-refractivity contribution in [2.45, 2.75) is 18.7 Å². The average molecular weight is 322 g/mol. The highest BCUT2D eigenvalue weighted by molar-refractivity contribution is 7.89. The Morgan fingerprint density at radius 2 is 2.10 bits per heavy atom. The lowest BCUT2D eigenvalue weighted by molar-refractivity contribution is -0.118. The van der Waals surface area contributed by atoms with Gasteiger partial charge in [0.05, 0.1) is 11.4 Å². The lowest BCUT2D eigenvalue weighted by Gasteiger charge is -2.22. The number of aromatic nitrogens is 1. The Kier molecular flexibility index (Phi) is 5.32. The van der Waals surface area contributed by atoms with Gasteiger partial charge in [-0.25, -0.2) is 8.42 Å². The molecule has 0 spiro atoms. The van der Waals surface area contributed by atoms with Crippen molar-refractivity contribution in [2.75, 3.05) is 13.1 Å². The number of carbonyl (C=O) groups is 1. The molecule has 0 saturated heterocycles. The number of hydrogen-bond donors (Lipinski definition) is 2. The molecule has 0 fully saturated rings. The van der Waals surface area contributed by atoms with Crippen molar-refractivity contribution < 1.29 is 13.2 Å². The predicted molar refractivity (Wildman–Crippen MR) is 74.9 cm³/mol. The van der Waals surface area contributed by atoms with Crippen LogP contribution in [0.2, 0.25) is 5.02 Å². The molecule has 0 radical (unpaired) electrons. The summed E-state index contributed by atoms with van der Waals surface area (Å²) in [4.78, 5) is 24.2. The summed E-state index contributed by atoms with van der Waals surface area (Å²) >= 11 is 5.62. The lowest BCUT2D eigenvalue weighted by atomic mass is 10.2. The Morgan fingerprint density at radius 1 is 1.50 bits per heavy atom. The summed E-state index contributed by atoms with van der Waals surface area (Å²) in [6.07, 6.45) is 1.04. The van der Waals surface area contributed by atoms with Crippen molar-refractivity contribution in [1.82, 2.24) is 9.29 Å². The number of nitrogens with two attached hydrogens (primary N) is 1. The lowest BCUT2D eigenvalue weighted by Crippen LogP contribution is -2.40. The van der Waals surface area contributed by atoms with E-state index in [2.05, 4.69) is 4.98 Å². The van der Waals surface area contributed by atoms with Gasteiger partial charge in [0.2, 0.25) is 15.9 Å². The Hall–Kier alpha value is -1.38. The minimum absolute atomic E-state index is 0.00218. The van der Waals surface area contributed by atoms with E-state index in [0.717, 1.165) is 16.6 Å². The molecule has 1 rings (SSSR count). The molecule has 9 heteroatoms. The van der Waals surface area contributed by atoms with Gasteiger partial charge >= 0.3 is 0 Å². The third-order valence-corrected chi connectivity index (χ3v) is 4.44. The summed E-state index contributed by atoms with van der Waals surface area (Å²) in [5.41, 5.74) is 4.48. The topological polar surface area (TPSA) is 113 Å². The second-order valence-electron chi connectivity index (χ2n) is 4.67. The number of nitrogens with zero attached hydrogens (tertiary/aromatic N) is 1. The van der Waals surface area contributed by atoms with Gasteiger partial charge in [0.1, 0.15) is 5.02 Å². The molecule has 3 N–H and O–H groups in total. The number of rotatable bonds is 6. The second kappa shape index (κ2) is 6.38. The third-order valence-electron chi connectivity index (χ3n) is 2.37. The van der Waals surface area contributed by atoms with Gasteiger partial charge in [-0.15, -0.1) is 0 Å². The van der Waals surface area contributed by atoms with Crippen molar-refractivity contribution in [1.29, 1.82) is 0 Å². The van der Waals surface area contributed by atoms with E-state index in [-0.39, 0.29) is 22.4 Å². The molecule has 7 nitrogen and oxygen atoms in total. The number of primary amides is 1. The molecule has 0 aliphatic rings. The number of hydrogen-bond acceptors (Lipinski definition) is 4. The number of amides is 1. The van der Waals surface area contributed by atoms with Gasteiger partial charge in [0.25, 0.3) is 5.56 Å². The molecule has 112 valence electrons. The molecule has 1 aromatic heterocycles. The van der Waals surface area contributed by atoms with Gasteiger partial charge < -0.3 is 10.7 Å². The van der Waals surface area contributed by atoms with Gasteiger partial charge in [0.15, 0.2) is 0 Å². The smallest absolute Gasteiger partial charge is 0.266 e. The Labute approximate surface area is 121 Å². The zero-order chi connectivity index (χ0) is 15.5. The zero-order valence-corrected chi connectivity index (χ0v) is 12.7. The van der Waals surface area contributed by atoms with Gasteiger partial charge in [-0.05, 0) is 12.0 Å². The van der Waals surface area contributed by atoms with Gasteiger partial charge in [-0.3, -0.25) is 9.59 Å². The maximum atomic E-state index is 12.4. The molecule has 0 aliphatic carbocycles. The van der Waals surface area contributed by atoms with Crippen LogP contribution in [0.5, 0.6) is 0 Å². The maximum Gasteiger partial charge on any atom is 0.266 e. The van der Waals surface area contributed by atoms with Crippen LogP contribution in [0.4, 0.5) is 0 Å². The van der Waals surface area contributed by atoms with Crippen LogP contribution in [-0.4, -0.2) is 36.7 Å². The van der Waals surface area contributed by atoms with Crippen LogP contribution < -0.4 is 11.3 Å². The highest BCUT2D eigenvalue weighted by atomic mass is 35.5. The first-order chi connectivity index (χ1) is 9.14. The quantitative estimate of drug-likeness (QED) is 0.776. The molecule has 0 bridgehead atoms. The molecule has 0 atom stereocenters. The van der Waals surface area contributed by atoms with Crippen LogP contribution >= 0.6 is 11.6 Å². The van der Waals surface area contributed by atoms with Crippen molar-refractivity contribution in [2.24, 2.45) is 11.7 Å². The first-order valence-electron chi connectivity index (χ1n) is 5.81. The Bertz CT molecular complexity index is 654. The molecule has 1 heterocycles. The molecule has 0 aromatic carbocycles. The predicted octanol–water partition coefficient (Wildman–Crippen LogP) is 0.160. The molecule has 1 amide bonds. The minimum Gasteiger partial charge on any atom is -0.369 e. The summed E-state index contributed by atoms with van der Waals surface area (Å²) in [6.45, 7) is 3.31. The SMILES string of the molecule is CC(C)CN(CC(N)=O)S(=O)(=O)c1c[nH]c(=O)c(Cl)c1. The molecular formula is C11H16ClN3O4S. The van der Waals surface area contributed by atoms with E-state index >= 15 is 0 Å². The van der Waals surface area contributed by atoms with Crippen molar-refractivity contribution in [3.05, 3.63) is 27.6 Å². The molecule has 0 saturated carbocycles. The molecule has 20 heavy (non-hydrogen) atoms. The van der Waals surface area contributed by atoms with Gasteiger partial charge in [-0.2, -0.15) is 4.31 Å². The summed E-state index contributed by atoms with van der Waals surface area (Å²) < 4.78 is 25.8. The van der Waals surface area contributed by atoms with Crippen LogP contribution in [0.25, 0.3) is 0 Å². The molecule has 0 unspecified atom stereocenters. The summed E-state index contributed by atoms with van der Waals surface area (Å²) in [5.74, 6) is -0.757. The number of sulfonamides is 1. The first kappa shape index (κ1) is 16.7. The van der Waals surface area contributed by atoms with E-state index in [1.165, 1.54) is 0 Å². The largest absolute Gasteiger partial charge is 0.369 e. The maximum absolute atomic E-state index is 12.4. The summed E-state index contributed by atoms with van der Waals surface area (Å²) in [5, 5.41) is -0.241. The highest BCUT2D eigenvalue weighted by Crippen LogP contribution is 2.17. The fraction of sp³-hybridized carbons (Fsp3) is 0.455. The number of H-pyrrole nitrogens is 1. The zero-order valence-electron chi connectivity index (χ0n) is 11.1. The Balaban J connectivity index is 3.24. The fourth-order valence-corrected chi connectivity index (χ4v) is 3.37. The number of pyridine rings is 1. The highest BCUT2D eigenvalue weighted by Gasteiger charge is 2.27. The van der Waals surface area contributed by atoms with Crippen LogP contribution in [0.1, 0.15) is 13.8 Å². The molecule has 0 aliphatic heterocycles. The van der Waals surface area contributed by atoms with Crippen LogP contribution in [0, 0.1) is 5.92 Å². The minimum atomic E-state index is -3.95. The van der Waals surface area contributed by atoms with E-state index < -0.39 is 28.0 Å². The second-order valence-corrected chi connectivity index (χ2v) is 7.02. The normalized spacial score (nSPS) is 12.1. The summed E-state index contributed by atoms with van der Waals surface area (Å²) in [7, 11) is -3.95. The van der Waals surface area contributed by atoms with Crippen LogP contribution in [-0.2, 0) is 14.8 Å². The number of carbonyl (C=O) groups excluding carboxylic acids is 1. The van der Waals surface area contributed by atoms with Gasteiger partial charge in [-0.1, -0.05) is 25.4 Å². The van der Waals surface area contributed by atoms with E-state index in [9.17, 15) is 18.0 Å². The number of halogens is 1. The van der Waals surface area contributed by atoms with E-state index in [0.29, 0.717) is 0 Å². The van der Waals surface area contributed by atoms with Crippen molar-refractivity contribution >= 4 is 27.5 Å². The third kappa shape index (κ3) is 4.06. The van der Waals surface area contributed by atoms with Crippen molar-refractivity contribution in [3.63, 3.8) is 0 Å². The van der Waals surface area contributed by atoms with Gasteiger partial charge in [0, 0.05) is 12.7 Å². The first-order valence-corrected chi connectivity index (χ1v) is 7.63. The molecular weight excluding hydrogens is 306 g/mol. The summed E-state index contributed by atoms with van der Waals surface area (Å²) in [6, 6.07) is 1.05. The standard InChI is InChI=1S/C11H16ClN3O4S/c1-7(2)5-15(6-10(13)16)20(18,19)8-3-9(12)11(17)14-4-8/h3-4,7H,5-6H2,1-2H3,(H2,13,16)(H,14,17). The van der Waals surface area contributed by atoms with Crippen LogP contribution in [0.3, 0.4) is 0 Å². The monoisotopic (exact) mass is 321 g/mol. The fourth-order valence-electron chi connectivity index (χ4n) is 1.56. The molecule has 1 aromatic rings. The number of nitrogens with one attached hydrogen (secondary N) is 1. The van der Waals surface area contributed by atoms with Crippen LogP contribution in [0.15, 0.2) is 22.0 Å². The van der Waals surface area contributed by atoms with E-state index in [1.54, 1.807) is 0 Å². The van der Waals surface area contributed by atoms with E-state index in [4.69, 9.17) is 17.3 Å². The van der Waals surface area contributed by atoms with Crippen molar-refractivity contribution in [3.8, 4) is 0 Å². The average Bonchev–Trinajstić information content (AvgIpc) is 2.30. The van der Waals surface area contributed by atoms with E-state index in [1.807, 2.05) is 13.8 Å². The Morgan fingerprint density at radius 3 is 2.55 bits per heavy atom. The number of aromatic amines is 1.